The van der Waals surface area contributed by atoms with Crippen LogP contribution in [-0.2, 0) is 30.1 Å². The Morgan fingerprint density at radius 2 is 2.03 bits per heavy atom. The van der Waals surface area contributed by atoms with Crippen LogP contribution in [0.2, 0.25) is 0 Å². The van der Waals surface area contributed by atoms with E-state index in [0.29, 0.717) is 41.3 Å². The molecule has 2 aliphatic carbocycles. The monoisotopic (exact) mass is 431 g/mol. The fourth-order valence-corrected chi connectivity index (χ4v) is 4.03. The van der Waals surface area contributed by atoms with Gasteiger partial charge in [0.15, 0.2) is 5.60 Å². The van der Waals surface area contributed by atoms with Gasteiger partial charge in [-0.05, 0) is 23.5 Å². The Kier molecular flexibility index (Phi) is 7.02. The molecule has 1 aromatic carbocycles. The van der Waals surface area contributed by atoms with E-state index < -0.39 is 11.8 Å². The van der Waals surface area contributed by atoms with Gasteiger partial charge in [-0.2, -0.15) is 0 Å². The predicted octanol–water partition coefficient (Wildman–Crippen LogP) is 3.61. The zero-order valence-corrected chi connectivity index (χ0v) is 18.3. The number of nitrogen functional groups attached to an aromatic ring is 1. The van der Waals surface area contributed by atoms with Gasteiger partial charge in [-0.25, -0.2) is 4.79 Å². The van der Waals surface area contributed by atoms with Crippen LogP contribution in [0.4, 0.5) is 10.5 Å². The number of ether oxygens (including phenoxy) is 5. The van der Waals surface area contributed by atoms with Crippen molar-refractivity contribution in [2.24, 2.45) is 11.8 Å². The smallest absolute Gasteiger partial charge is 0.461 e. The number of ketones is 1. The van der Waals surface area contributed by atoms with Gasteiger partial charge in [-0.1, -0.05) is 38.1 Å². The molecule has 3 rings (SSSR count). The standard InChI is InChI=1S/C23H29NO7/c1-14(2)15-8-9-17(19(10-15)29-13-30-22(26)28-4)23(31-12-27-3)11-16-6-5-7-18(24)20(16)21(23)25/h5-9,14-15H,10-13,24H2,1-4H3/t15?,23-/m0/s1. The number of anilines is 1. The summed E-state index contributed by atoms with van der Waals surface area (Å²) in [5.74, 6) is 0.831. The number of rotatable bonds is 8. The molecule has 2 aliphatic rings. The molecule has 0 aromatic heterocycles. The minimum atomic E-state index is -1.34. The number of allylic oxidation sites excluding steroid dienone is 2. The molecule has 1 aromatic rings. The summed E-state index contributed by atoms with van der Waals surface area (Å²) in [6.07, 6.45) is 3.91. The maximum atomic E-state index is 13.6. The van der Waals surface area contributed by atoms with Gasteiger partial charge in [-0.3, -0.25) is 4.79 Å². The second kappa shape index (κ2) is 9.53. The van der Waals surface area contributed by atoms with Gasteiger partial charge in [0.25, 0.3) is 0 Å². The van der Waals surface area contributed by atoms with Crippen LogP contribution in [0, 0.1) is 11.8 Å². The lowest BCUT2D eigenvalue weighted by molar-refractivity contribution is -0.0940. The minimum absolute atomic E-state index is 0.0868. The largest absolute Gasteiger partial charge is 0.510 e. The molecule has 0 radical (unpaired) electrons. The van der Waals surface area contributed by atoms with Crippen molar-refractivity contribution in [2.45, 2.75) is 32.3 Å². The summed E-state index contributed by atoms with van der Waals surface area (Å²) in [6, 6.07) is 5.38. The topological polar surface area (TPSA) is 106 Å². The molecule has 1 unspecified atom stereocenters. The van der Waals surface area contributed by atoms with Crippen LogP contribution in [-0.4, -0.2) is 45.3 Å². The van der Waals surface area contributed by atoms with Gasteiger partial charge >= 0.3 is 6.16 Å². The lowest BCUT2D eigenvalue weighted by Crippen LogP contribution is -2.43. The van der Waals surface area contributed by atoms with Gasteiger partial charge in [0.2, 0.25) is 12.6 Å². The molecule has 0 bridgehead atoms. The maximum Gasteiger partial charge on any atom is 0.510 e. The average molecular weight is 431 g/mol. The highest BCUT2D eigenvalue weighted by Gasteiger charge is 2.52. The van der Waals surface area contributed by atoms with Crippen molar-refractivity contribution >= 4 is 17.6 Å². The van der Waals surface area contributed by atoms with Crippen molar-refractivity contribution in [2.75, 3.05) is 33.5 Å². The predicted molar refractivity (Wildman–Crippen MR) is 113 cm³/mol. The normalized spacial score (nSPS) is 22.6. The molecule has 0 saturated carbocycles. The lowest BCUT2D eigenvalue weighted by atomic mass is 9.79. The molecule has 31 heavy (non-hydrogen) atoms. The van der Waals surface area contributed by atoms with Gasteiger partial charge in [0, 0.05) is 36.8 Å². The van der Waals surface area contributed by atoms with Crippen LogP contribution in [0.1, 0.15) is 36.2 Å². The number of carbonyl (C=O) groups is 2. The average Bonchev–Trinajstić information content (AvgIpc) is 3.05. The molecule has 0 heterocycles. The Morgan fingerprint density at radius 3 is 2.68 bits per heavy atom. The summed E-state index contributed by atoms with van der Waals surface area (Å²) in [4.78, 5) is 25.0. The number of hydrogen-bond donors (Lipinski definition) is 1. The molecule has 8 nitrogen and oxygen atoms in total. The maximum absolute atomic E-state index is 13.6. The SMILES string of the molecule is COCO[C@]1(C2=C(OCOC(=O)OC)CC(C(C)C)C=C2)Cc2cccc(N)c2C1=O. The van der Waals surface area contributed by atoms with Crippen molar-refractivity contribution in [3.8, 4) is 0 Å². The zero-order chi connectivity index (χ0) is 22.6. The highest BCUT2D eigenvalue weighted by molar-refractivity contribution is 6.12. The Labute approximate surface area is 181 Å². The summed E-state index contributed by atoms with van der Waals surface area (Å²) < 4.78 is 26.4. The first-order chi connectivity index (χ1) is 14.8. The molecule has 0 aliphatic heterocycles. The highest BCUT2D eigenvalue weighted by atomic mass is 16.8. The number of benzene rings is 1. The van der Waals surface area contributed by atoms with Gasteiger partial charge < -0.3 is 29.4 Å². The summed E-state index contributed by atoms with van der Waals surface area (Å²) in [5.41, 5.74) is 7.02. The van der Waals surface area contributed by atoms with Gasteiger partial charge in [0.05, 0.1) is 7.11 Å². The molecule has 8 heteroatoms. The Hall–Kier alpha value is -2.84. The molecule has 0 saturated heterocycles. The van der Waals surface area contributed by atoms with E-state index >= 15 is 0 Å². The van der Waals surface area contributed by atoms with E-state index in [1.807, 2.05) is 18.2 Å². The Bertz CT molecular complexity index is 905. The van der Waals surface area contributed by atoms with Crippen molar-refractivity contribution in [1.29, 1.82) is 0 Å². The van der Waals surface area contributed by atoms with Gasteiger partial charge in [-0.15, -0.1) is 0 Å². The second-order valence-corrected chi connectivity index (χ2v) is 7.93. The molecule has 168 valence electrons. The van der Waals surface area contributed by atoms with Crippen LogP contribution in [0.3, 0.4) is 0 Å². The molecule has 2 N–H and O–H groups in total. The highest BCUT2D eigenvalue weighted by Crippen LogP contribution is 2.45. The van der Waals surface area contributed by atoms with Crippen LogP contribution in [0.25, 0.3) is 0 Å². The van der Waals surface area contributed by atoms with Crippen LogP contribution < -0.4 is 5.73 Å². The van der Waals surface area contributed by atoms with E-state index in [-0.39, 0.29) is 25.3 Å². The van der Waals surface area contributed by atoms with Gasteiger partial charge in [0.1, 0.15) is 12.6 Å². The first-order valence-corrected chi connectivity index (χ1v) is 10.1. The number of nitrogens with two attached hydrogens (primary N) is 1. The number of hydrogen-bond acceptors (Lipinski definition) is 8. The molecule has 0 fully saturated rings. The van der Waals surface area contributed by atoms with E-state index in [4.69, 9.17) is 24.7 Å². The molecule has 0 spiro atoms. The van der Waals surface area contributed by atoms with E-state index in [1.54, 1.807) is 6.07 Å². The van der Waals surface area contributed by atoms with Crippen LogP contribution in [0.5, 0.6) is 0 Å². The third kappa shape index (κ3) is 4.45. The van der Waals surface area contributed by atoms with Crippen molar-refractivity contribution < 1.29 is 33.3 Å². The summed E-state index contributed by atoms with van der Waals surface area (Å²) in [6.45, 7) is 3.79. The van der Waals surface area contributed by atoms with Crippen LogP contribution >= 0.6 is 0 Å². The fraction of sp³-hybridized carbons (Fsp3) is 0.478. The van der Waals surface area contributed by atoms with Crippen molar-refractivity contribution in [3.05, 3.63) is 52.8 Å². The molecule has 2 atom stereocenters. The Morgan fingerprint density at radius 1 is 1.26 bits per heavy atom. The lowest BCUT2D eigenvalue weighted by Gasteiger charge is -2.34. The molecule has 0 amide bonds. The first-order valence-electron chi connectivity index (χ1n) is 10.1. The van der Waals surface area contributed by atoms with E-state index in [1.165, 1.54) is 14.2 Å². The summed E-state index contributed by atoms with van der Waals surface area (Å²) >= 11 is 0. The summed E-state index contributed by atoms with van der Waals surface area (Å²) in [7, 11) is 2.72. The quantitative estimate of drug-likeness (QED) is 0.378. The number of methoxy groups -OCH3 is 2. The third-order valence-electron chi connectivity index (χ3n) is 5.74. The number of carbonyl (C=O) groups excluding carboxylic acids is 2. The van der Waals surface area contributed by atoms with E-state index in [2.05, 4.69) is 24.7 Å². The molecular formula is C23H29NO7. The number of Topliss-reactive ketones (excluding diaryl/α,β-unsaturated/α-hetero) is 1. The van der Waals surface area contributed by atoms with Crippen LogP contribution in [0.15, 0.2) is 41.7 Å². The fourth-order valence-electron chi connectivity index (χ4n) is 4.03. The Balaban J connectivity index is 2.03. The number of fused-ring (bicyclic) bond motifs is 1. The van der Waals surface area contributed by atoms with E-state index in [0.717, 1.165) is 5.56 Å². The molecular weight excluding hydrogens is 402 g/mol. The summed E-state index contributed by atoms with van der Waals surface area (Å²) in [5, 5.41) is 0. The van der Waals surface area contributed by atoms with Crippen molar-refractivity contribution in [3.63, 3.8) is 0 Å². The second-order valence-electron chi connectivity index (χ2n) is 7.93. The van der Waals surface area contributed by atoms with Crippen molar-refractivity contribution in [1.82, 2.24) is 0 Å². The minimum Gasteiger partial charge on any atom is -0.461 e. The zero-order valence-electron chi connectivity index (χ0n) is 18.3. The third-order valence-corrected chi connectivity index (χ3v) is 5.74. The van der Waals surface area contributed by atoms with E-state index in [9.17, 15) is 9.59 Å². The first kappa shape index (κ1) is 22.8.